The van der Waals surface area contributed by atoms with E-state index in [2.05, 4.69) is 34.6 Å². The molecular weight excluding hydrogens is 396 g/mol. The Bertz CT molecular complexity index is 1060. The van der Waals surface area contributed by atoms with Crippen molar-refractivity contribution in [2.45, 2.75) is 39.0 Å². The molecule has 6 nitrogen and oxygen atoms in total. The van der Waals surface area contributed by atoms with Crippen LogP contribution in [-0.2, 0) is 13.2 Å². The monoisotopic (exact) mass is 424 g/mol. The molecule has 1 aliphatic rings. The van der Waals surface area contributed by atoms with Crippen molar-refractivity contribution in [2.75, 3.05) is 20.8 Å². The van der Waals surface area contributed by atoms with Gasteiger partial charge in [0.25, 0.3) is 0 Å². The van der Waals surface area contributed by atoms with Gasteiger partial charge in [-0.05, 0) is 50.2 Å². The highest BCUT2D eigenvalue weighted by molar-refractivity contribution is 7.71. The highest BCUT2D eigenvalue weighted by Crippen LogP contribution is 2.39. The van der Waals surface area contributed by atoms with E-state index in [0.717, 1.165) is 59.2 Å². The van der Waals surface area contributed by atoms with Gasteiger partial charge < -0.3 is 14.0 Å². The Balaban J connectivity index is 1.66. The van der Waals surface area contributed by atoms with Gasteiger partial charge in [-0.2, -0.15) is 5.10 Å². The predicted octanol–water partition coefficient (Wildman–Crippen LogP) is 4.91. The van der Waals surface area contributed by atoms with Crippen LogP contribution in [0.25, 0.3) is 11.4 Å². The normalized spacial score (nSPS) is 16.7. The summed E-state index contributed by atoms with van der Waals surface area (Å²) in [6.45, 7) is 4.54. The molecule has 0 saturated carbocycles. The van der Waals surface area contributed by atoms with Gasteiger partial charge in [0.2, 0.25) is 0 Å². The first-order valence-electron chi connectivity index (χ1n) is 10.3. The summed E-state index contributed by atoms with van der Waals surface area (Å²) >= 11 is 5.78. The number of hydrogen-bond donors (Lipinski definition) is 0. The van der Waals surface area contributed by atoms with Gasteiger partial charge in [-0.15, -0.1) is 0 Å². The van der Waals surface area contributed by atoms with Crippen LogP contribution < -0.4 is 9.47 Å². The van der Waals surface area contributed by atoms with Crippen LogP contribution in [0.2, 0.25) is 0 Å². The molecule has 1 atom stereocenters. The summed E-state index contributed by atoms with van der Waals surface area (Å²) in [5.41, 5.74) is 2.23. The van der Waals surface area contributed by atoms with Crippen molar-refractivity contribution >= 4 is 12.2 Å². The van der Waals surface area contributed by atoms with Crippen molar-refractivity contribution in [1.29, 1.82) is 0 Å². The molecule has 0 amide bonds. The van der Waals surface area contributed by atoms with Gasteiger partial charge in [0.15, 0.2) is 10.6 Å². The summed E-state index contributed by atoms with van der Waals surface area (Å²) in [5, 5.41) is 4.90. The largest absolute Gasteiger partial charge is 0.497 e. The van der Waals surface area contributed by atoms with E-state index < -0.39 is 0 Å². The Labute approximate surface area is 182 Å². The molecule has 0 unspecified atom stereocenters. The Morgan fingerprint density at radius 2 is 1.90 bits per heavy atom. The second kappa shape index (κ2) is 9.02. The summed E-state index contributed by atoms with van der Waals surface area (Å²) in [4.78, 5) is 2.43. The summed E-state index contributed by atoms with van der Waals surface area (Å²) in [6.07, 6.45) is 2.19. The van der Waals surface area contributed by atoms with Gasteiger partial charge in [-0.25, -0.2) is 4.68 Å². The average Bonchev–Trinajstić information content (AvgIpc) is 3.38. The molecule has 0 N–H and O–H groups in total. The molecule has 2 aromatic carbocycles. The van der Waals surface area contributed by atoms with Crippen molar-refractivity contribution in [3.63, 3.8) is 0 Å². The number of benzene rings is 2. The smallest absolute Gasteiger partial charge is 0.199 e. The van der Waals surface area contributed by atoms with Gasteiger partial charge >= 0.3 is 0 Å². The lowest BCUT2D eigenvalue weighted by Gasteiger charge is -2.26. The second-order valence-corrected chi connectivity index (χ2v) is 7.80. The van der Waals surface area contributed by atoms with Gasteiger partial charge in [0.1, 0.15) is 11.5 Å². The summed E-state index contributed by atoms with van der Waals surface area (Å²) in [7, 11) is 3.41. The Morgan fingerprint density at radius 1 is 1.10 bits per heavy atom. The van der Waals surface area contributed by atoms with Crippen molar-refractivity contribution in [3.05, 3.63) is 58.9 Å². The molecule has 1 aliphatic heterocycles. The first-order chi connectivity index (χ1) is 14.7. The van der Waals surface area contributed by atoms with Crippen LogP contribution in [0.1, 0.15) is 31.4 Å². The zero-order chi connectivity index (χ0) is 21.1. The molecule has 0 aliphatic carbocycles. The molecule has 7 heteroatoms. The Morgan fingerprint density at radius 3 is 2.60 bits per heavy atom. The zero-order valence-corrected chi connectivity index (χ0v) is 18.6. The molecule has 30 heavy (non-hydrogen) atoms. The third kappa shape index (κ3) is 3.87. The maximum atomic E-state index is 5.78. The SMILES string of the molecule is CCn1c(-c2ccccc2)nn(CN2CCC[C@H]2c2cc(OC)ccc2OC)c1=S. The fourth-order valence-electron chi connectivity index (χ4n) is 4.24. The first kappa shape index (κ1) is 20.6. The minimum absolute atomic E-state index is 0.240. The number of ether oxygens (including phenoxy) is 2. The second-order valence-electron chi connectivity index (χ2n) is 7.44. The molecule has 1 saturated heterocycles. The lowest BCUT2D eigenvalue weighted by Crippen LogP contribution is -2.27. The summed E-state index contributed by atoms with van der Waals surface area (Å²) in [6, 6.07) is 16.5. The molecule has 0 spiro atoms. The Kier molecular flexibility index (Phi) is 6.20. The third-order valence-corrected chi connectivity index (χ3v) is 6.18. The van der Waals surface area contributed by atoms with E-state index in [1.165, 1.54) is 0 Å². The van der Waals surface area contributed by atoms with Gasteiger partial charge in [-0.1, -0.05) is 30.3 Å². The molecule has 1 fully saturated rings. The Hall–Kier alpha value is -2.64. The molecule has 158 valence electrons. The molecule has 1 aromatic heterocycles. The van der Waals surface area contributed by atoms with Crippen molar-refractivity contribution < 1.29 is 9.47 Å². The predicted molar refractivity (Wildman–Crippen MR) is 120 cm³/mol. The zero-order valence-electron chi connectivity index (χ0n) is 17.7. The number of nitrogens with zero attached hydrogens (tertiary/aromatic N) is 4. The van der Waals surface area contributed by atoms with Crippen LogP contribution >= 0.6 is 12.2 Å². The maximum absolute atomic E-state index is 5.78. The van der Waals surface area contributed by atoms with Gasteiger partial charge in [0.05, 0.1) is 20.9 Å². The van der Waals surface area contributed by atoms with E-state index in [1.54, 1.807) is 14.2 Å². The van der Waals surface area contributed by atoms with Crippen LogP contribution in [0.3, 0.4) is 0 Å². The third-order valence-electron chi connectivity index (χ3n) is 5.75. The van der Waals surface area contributed by atoms with Crippen LogP contribution in [0, 0.1) is 4.77 Å². The minimum Gasteiger partial charge on any atom is -0.497 e. The van der Waals surface area contributed by atoms with Crippen LogP contribution in [0.15, 0.2) is 48.5 Å². The van der Waals surface area contributed by atoms with Crippen molar-refractivity contribution in [2.24, 2.45) is 0 Å². The van der Waals surface area contributed by atoms with E-state index in [4.69, 9.17) is 26.8 Å². The van der Waals surface area contributed by atoms with Crippen molar-refractivity contribution in [3.8, 4) is 22.9 Å². The van der Waals surface area contributed by atoms with Gasteiger partial charge in [-0.3, -0.25) is 4.90 Å². The van der Waals surface area contributed by atoms with E-state index in [1.807, 2.05) is 35.0 Å². The highest BCUT2D eigenvalue weighted by Gasteiger charge is 2.29. The quantitative estimate of drug-likeness (QED) is 0.504. The van der Waals surface area contributed by atoms with E-state index in [9.17, 15) is 0 Å². The fourth-order valence-corrected chi connectivity index (χ4v) is 4.55. The molecule has 3 aromatic rings. The van der Waals surface area contributed by atoms with Gasteiger partial charge in [0, 0.05) is 30.3 Å². The molecule has 2 heterocycles. The van der Waals surface area contributed by atoms with E-state index in [-0.39, 0.29) is 6.04 Å². The standard InChI is InChI=1S/C23H28N4O2S/c1-4-26-22(17-9-6-5-7-10-17)24-27(23(26)30)16-25-14-8-11-20(25)19-15-18(28-2)12-13-21(19)29-3/h5-7,9-10,12-13,15,20H,4,8,11,14,16H2,1-3H3/t20-/m0/s1. The average molecular weight is 425 g/mol. The lowest BCUT2D eigenvalue weighted by atomic mass is 10.0. The molecular formula is C23H28N4O2S. The van der Waals surface area contributed by atoms with Crippen LogP contribution in [-0.4, -0.2) is 40.0 Å². The molecule has 0 bridgehead atoms. The summed E-state index contributed by atoms with van der Waals surface area (Å²) in [5.74, 6) is 2.65. The minimum atomic E-state index is 0.240. The number of likely N-dealkylation sites (tertiary alicyclic amines) is 1. The fraction of sp³-hybridized carbons (Fsp3) is 0.391. The lowest BCUT2D eigenvalue weighted by molar-refractivity contribution is 0.186. The van der Waals surface area contributed by atoms with Crippen LogP contribution in [0.4, 0.5) is 0 Å². The van der Waals surface area contributed by atoms with Crippen LogP contribution in [0.5, 0.6) is 11.5 Å². The van der Waals surface area contributed by atoms with E-state index in [0.29, 0.717) is 6.67 Å². The molecule has 0 radical (unpaired) electrons. The highest BCUT2D eigenvalue weighted by atomic mass is 32.1. The number of hydrogen-bond acceptors (Lipinski definition) is 5. The van der Waals surface area contributed by atoms with E-state index >= 15 is 0 Å². The number of methoxy groups -OCH3 is 2. The topological polar surface area (TPSA) is 44.5 Å². The number of aromatic nitrogens is 3. The summed E-state index contributed by atoms with van der Waals surface area (Å²) < 4.78 is 15.9. The first-order valence-corrected chi connectivity index (χ1v) is 10.8. The maximum Gasteiger partial charge on any atom is 0.199 e. The number of rotatable bonds is 7. The molecule has 4 rings (SSSR count). The van der Waals surface area contributed by atoms with Crippen molar-refractivity contribution in [1.82, 2.24) is 19.2 Å².